The van der Waals surface area contributed by atoms with Gasteiger partial charge in [0.15, 0.2) is 0 Å². The highest BCUT2D eigenvalue weighted by atomic mass is 79.9. The van der Waals surface area contributed by atoms with E-state index in [1.807, 2.05) is 36.4 Å². The van der Waals surface area contributed by atoms with E-state index in [9.17, 15) is 14.0 Å². The van der Waals surface area contributed by atoms with Crippen LogP contribution < -0.4 is 15.6 Å². The molecule has 8 heteroatoms. The standard InChI is InChI=1S/C24H17BrFN3O3/c25-16-6-11-21-15(12-16)13-20-23(31)29(19-4-2-1-3-5-19)28(24(20)32-21)14-22(30)27-18-9-7-17(26)8-10-18/h1-12H,13-14H2,(H,27,30). The Morgan fingerprint density at radius 2 is 1.81 bits per heavy atom. The molecule has 1 aliphatic heterocycles. The molecule has 0 fully saturated rings. The lowest BCUT2D eigenvalue weighted by Crippen LogP contribution is -2.27. The minimum atomic E-state index is -0.390. The van der Waals surface area contributed by atoms with Gasteiger partial charge in [-0.25, -0.2) is 13.8 Å². The van der Waals surface area contributed by atoms with Crippen molar-refractivity contribution in [3.05, 3.63) is 105 Å². The van der Waals surface area contributed by atoms with Gasteiger partial charge in [0.2, 0.25) is 11.8 Å². The van der Waals surface area contributed by atoms with Crippen molar-refractivity contribution in [1.82, 2.24) is 9.36 Å². The van der Waals surface area contributed by atoms with E-state index in [4.69, 9.17) is 4.74 Å². The number of nitrogens with zero attached hydrogens (tertiary/aromatic N) is 2. The van der Waals surface area contributed by atoms with Gasteiger partial charge in [0.05, 0.1) is 11.3 Å². The quantitative estimate of drug-likeness (QED) is 0.388. The fraction of sp³-hybridized carbons (Fsp3) is 0.0833. The van der Waals surface area contributed by atoms with Crippen molar-refractivity contribution in [2.24, 2.45) is 0 Å². The zero-order valence-electron chi connectivity index (χ0n) is 16.7. The first-order valence-corrected chi connectivity index (χ1v) is 10.7. The number of nitrogens with one attached hydrogen (secondary N) is 1. The summed E-state index contributed by atoms with van der Waals surface area (Å²) in [7, 11) is 0. The number of amides is 1. The number of hydrogen-bond donors (Lipinski definition) is 1. The van der Waals surface area contributed by atoms with Crippen LogP contribution in [0.4, 0.5) is 10.1 Å². The molecule has 2 heterocycles. The molecule has 0 radical (unpaired) electrons. The van der Waals surface area contributed by atoms with Crippen LogP contribution in [0.5, 0.6) is 11.6 Å². The molecule has 4 aromatic rings. The number of anilines is 1. The topological polar surface area (TPSA) is 65.3 Å². The summed E-state index contributed by atoms with van der Waals surface area (Å²) < 4.78 is 23.2. The van der Waals surface area contributed by atoms with E-state index in [2.05, 4.69) is 21.2 Å². The smallest absolute Gasteiger partial charge is 0.278 e. The molecule has 1 amide bonds. The minimum Gasteiger partial charge on any atom is -0.439 e. The highest BCUT2D eigenvalue weighted by molar-refractivity contribution is 9.10. The van der Waals surface area contributed by atoms with E-state index >= 15 is 0 Å². The Labute approximate surface area is 191 Å². The Bertz CT molecular complexity index is 1380. The number of benzene rings is 3. The Balaban J connectivity index is 1.56. The van der Waals surface area contributed by atoms with Crippen molar-refractivity contribution in [3.63, 3.8) is 0 Å². The molecular formula is C24H17BrFN3O3. The maximum atomic E-state index is 13.4. The van der Waals surface area contributed by atoms with Gasteiger partial charge in [0.25, 0.3) is 5.56 Å². The summed E-state index contributed by atoms with van der Waals surface area (Å²) in [4.78, 5) is 26.2. The number of halogens is 2. The largest absolute Gasteiger partial charge is 0.439 e. The minimum absolute atomic E-state index is 0.164. The van der Waals surface area contributed by atoms with Gasteiger partial charge in [0, 0.05) is 22.1 Å². The molecule has 1 N–H and O–H groups in total. The second-order valence-electron chi connectivity index (χ2n) is 7.38. The number of hydrogen-bond acceptors (Lipinski definition) is 3. The summed E-state index contributed by atoms with van der Waals surface area (Å²) >= 11 is 3.45. The molecule has 0 aliphatic carbocycles. The summed E-state index contributed by atoms with van der Waals surface area (Å²) in [6.07, 6.45) is 0.391. The van der Waals surface area contributed by atoms with Crippen molar-refractivity contribution in [1.29, 1.82) is 0 Å². The normalized spacial score (nSPS) is 11.9. The third kappa shape index (κ3) is 3.73. The molecular weight excluding hydrogens is 477 g/mol. The van der Waals surface area contributed by atoms with Crippen molar-refractivity contribution < 1.29 is 13.9 Å². The second kappa shape index (κ2) is 8.12. The summed E-state index contributed by atoms with van der Waals surface area (Å²) in [5.41, 5.74) is 2.20. The van der Waals surface area contributed by atoms with Gasteiger partial charge >= 0.3 is 0 Å². The predicted molar refractivity (Wildman–Crippen MR) is 122 cm³/mol. The van der Waals surface area contributed by atoms with Crippen LogP contribution in [0, 0.1) is 5.82 Å². The van der Waals surface area contributed by atoms with Crippen molar-refractivity contribution >= 4 is 27.5 Å². The highest BCUT2D eigenvalue weighted by Crippen LogP contribution is 2.37. The first-order chi connectivity index (χ1) is 15.5. The average molecular weight is 494 g/mol. The van der Waals surface area contributed by atoms with E-state index in [0.717, 1.165) is 10.0 Å². The van der Waals surface area contributed by atoms with E-state index in [-0.39, 0.29) is 23.8 Å². The number of rotatable bonds is 4. The molecule has 0 saturated carbocycles. The Morgan fingerprint density at radius 1 is 1.06 bits per heavy atom. The van der Waals surface area contributed by atoms with Gasteiger partial charge in [-0.3, -0.25) is 9.59 Å². The first-order valence-electron chi connectivity index (χ1n) is 9.91. The summed E-state index contributed by atoms with van der Waals surface area (Å²) in [6, 6.07) is 20.2. The molecule has 6 nitrogen and oxygen atoms in total. The zero-order chi connectivity index (χ0) is 22.2. The molecule has 3 aromatic carbocycles. The molecule has 160 valence electrons. The number of para-hydroxylation sites is 1. The van der Waals surface area contributed by atoms with Gasteiger partial charge in [0.1, 0.15) is 18.1 Å². The maximum Gasteiger partial charge on any atom is 0.278 e. The molecule has 5 rings (SSSR count). The Hall–Kier alpha value is -3.65. The lowest BCUT2D eigenvalue weighted by molar-refractivity contribution is -0.117. The fourth-order valence-electron chi connectivity index (χ4n) is 3.76. The maximum absolute atomic E-state index is 13.4. The zero-order valence-corrected chi connectivity index (χ0v) is 18.3. The molecule has 0 bridgehead atoms. The third-order valence-corrected chi connectivity index (χ3v) is 5.70. The van der Waals surface area contributed by atoms with Gasteiger partial charge in [-0.2, -0.15) is 0 Å². The third-order valence-electron chi connectivity index (χ3n) is 5.20. The van der Waals surface area contributed by atoms with Crippen LogP contribution in [0.15, 0.2) is 82.1 Å². The van der Waals surface area contributed by atoms with Crippen LogP contribution >= 0.6 is 15.9 Å². The Kier molecular flexibility index (Phi) is 5.14. The number of fused-ring (bicyclic) bond motifs is 2. The summed E-state index contributed by atoms with van der Waals surface area (Å²) in [6.45, 7) is -0.164. The molecule has 0 atom stereocenters. The predicted octanol–water partition coefficient (Wildman–Crippen LogP) is 4.88. The number of aromatic nitrogens is 2. The first kappa shape index (κ1) is 20.3. The summed E-state index contributed by atoms with van der Waals surface area (Å²) in [5, 5.41) is 2.74. The van der Waals surface area contributed by atoms with Crippen LogP contribution in [0.2, 0.25) is 0 Å². The van der Waals surface area contributed by atoms with Crippen LogP contribution in [-0.4, -0.2) is 15.3 Å². The van der Waals surface area contributed by atoms with E-state index < -0.39 is 0 Å². The lowest BCUT2D eigenvalue weighted by atomic mass is 10.0. The molecule has 32 heavy (non-hydrogen) atoms. The Morgan fingerprint density at radius 3 is 2.56 bits per heavy atom. The molecule has 0 unspecified atom stereocenters. The van der Waals surface area contributed by atoms with Crippen LogP contribution in [-0.2, 0) is 17.8 Å². The van der Waals surface area contributed by atoms with Crippen LogP contribution in [0.1, 0.15) is 11.1 Å². The van der Waals surface area contributed by atoms with Gasteiger partial charge in [-0.05, 0) is 54.6 Å². The van der Waals surface area contributed by atoms with Gasteiger partial charge in [-0.1, -0.05) is 34.1 Å². The van der Waals surface area contributed by atoms with E-state index in [1.165, 1.54) is 33.6 Å². The van der Waals surface area contributed by atoms with Gasteiger partial charge in [-0.15, -0.1) is 0 Å². The van der Waals surface area contributed by atoms with Crippen molar-refractivity contribution in [2.45, 2.75) is 13.0 Å². The number of ether oxygens (including phenoxy) is 1. The molecule has 0 saturated heterocycles. The van der Waals surface area contributed by atoms with E-state index in [0.29, 0.717) is 35.0 Å². The van der Waals surface area contributed by atoms with Crippen molar-refractivity contribution in [3.8, 4) is 17.3 Å². The SMILES string of the molecule is O=C(Cn1c2c(c(=O)n1-c1ccccc1)Cc1cc(Br)ccc1O2)Nc1ccc(F)cc1. The monoisotopic (exact) mass is 493 g/mol. The summed E-state index contributed by atoms with van der Waals surface area (Å²) in [5.74, 6) is 0.213. The van der Waals surface area contributed by atoms with Crippen molar-refractivity contribution in [2.75, 3.05) is 5.32 Å². The average Bonchev–Trinajstić information content (AvgIpc) is 3.05. The second-order valence-corrected chi connectivity index (χ2v) is 8.30. The lowest BCUT2D eigenvalue weighted by Gasteiger charge is -2.19. The van der Waals surface area contributed by atoms with Gasteiger partial charge < -0.3 is 10.1 Å². The highest BCUT2D eigenvalue weighted by Gasteiger charge is 2.29. The molecule has 1 aliphatic rings. The number of carbonyl (C=O) groups is 1. The van der Waals surface area contributed by atoms with Crippen LogP contribution in [0.25, 0.3) is 5.69 Å². The van der Waals surface area contributed by atoms with Crippen LogP contribution in [0.3, 0.4) is 0 Å². The van der Waals surface area contributed by atoms with E-state index in [1.54, 1.807) is 12.1 Å². The fourth-order valence-corrected chi connectivity index (χ4v) is 4.17. The number of carbonyl (C=O) groups excluding carboxylic acids is 1. The molecule has 1 aromatic heterocycles. The molecule has 0 spiro atoms.